The summed E-state index contributed by atoms with van der Waals surface area (Å²) in [7, 11) is 0. The summed E-state index contributed by atoms with van der Waals surface area (Å²) in [5.74, 6) is 4.47. The molecule has 1 fully saturated rings. The van der Waals surface area contributed by atoms with Crippen molar-refractivity contribution in [2.75, 3.05) is 11.5 Å². The summed E-state index contributed by atoms with van der Waals surface area (Å²) in [6.07, 6.45) is 4.81. The van der Waals surface area contributed by atoms with E-state index in [0.29, 0.717) is 5.92 Å². The number of thioether (sulfide) groups is 1. The number of hydrogen-bond acceptors (Lipinski definition) is 3. The number of hydrogen-bond donors (Lipinski definition) is 1. The molecule has 2 aliphatic rings. The van der Waals surface area contributed by atoms with E-state index >= 15 is 0 Å². The van der Waals surface area contributed by atoms with E-state index in [9.17, 15) is 0 Å². The van der Waals surface area contributed by atoms with Crippen molar-refractivity contribution >= 4 is 27.7 Å². The molecule has 0 bridgehead atoms. The minimum absolute atomic E-state index is 0.164. The molecule has 17 heavy (non-hydrogen) atoms. The molecule has 2 aliphatic heterocycles. The predicted molar refractivity (Wildman–Crippen MR) is 75.4 cm³/mol. The van der Waals surface area contributed by atoms with E-state index in [2.05, 4.69) is 32.3 Å². The molecule has 2 N–H and O–H groups in total. The van der Waals surface area contributed by atoms with E-state index in [1.165, 1.54) is 42.3 Å². The van der Waals surface area contributed by atoms with Gasteiger partial charge >= 0.3 is 0 Å². The summed E-state index contributed by atoms with van der Waals surface area (Å²) in [5.41, 5.74) is 7.42. The summed E-state index contributed by atoms with van der Waals surface area (Å²) in [6.45, 7) is 1.10. The lowest BCUT2D eigenvalue weighted by Crippen LogP contribution is -2.24. The van der Waals surface area contributed by atoms with Crippen molar-refractivity contribution in [3.8, 4) is 0 Å². The minimum Gasteiger partial charge on any atom is -0.329 e. The molecule has 3 heterocycles. The van der Waals surface area contributed by atoms with Gasteiger partial charge in [-0.15, -0.1) is 0 Å². The van der Waals surface area contributed by atoms with Crippen LogP contribution in [0.1, 0.15) is 49.2 Å². The van der Waals surface area contributed by atoms with E-state index in [1.54, 1.807) is 0 Å². The fraction of sp³-hybridized carbons (Fsp3) is 0.750. The third-order valence-electron chi connectivity index (χ3n) is 3.83. The molecule has 0 aliphatic carbocycles. The second-order valence-electron chi connectivity index (χ2n) is 4.93. The van der Waals surface area contributed by atoms with Gasteiger partial charge in [-0.1, -0.05) is 0 Å². The van der Waals surface area contributed by atoms with Gasteiger partial charge in [0.25, 0.3) is 0 Å². The Kier molecular flexibility index (Phi) is 3.50. The standard InChI is InChI=1S/C12H18BrN3S/c13-11-10-9(14)2-1-5-16(10)12(15-11)8-3-6-17-7-4-8/h8-9H,1-7,14H2. The summed E-state index contributed by atoms with van der Waals surface area (Å²) >= 11 is 5.66. The molecule has 1 saturated heterocycles. The molecule has 0 aromatic carbocycles. The highest BCUT2D eigenvalue weighted by Crippen LogP contribution is 2.37. The third kappa shape index (κ3) is 2.17. The first-order chi connectivity index (χ1) is 8.27. The minimum atomic E-state index is 0.164. The summed E-state index contributed by atoms with van der Waals surface area (Å²) in [4.78, 5) is 4.76. The first-order valence-electron chi connectivity index (χ1n) is 6.36. The molecule has 0 radical (unpaired) electrons. The van der Waals surface area contributed by atoms with Crippen LogP contribution in [0.3, 0.4) is 0 Å². The Morgan fingerprint density at radius 2 is 2.06 bits per heavy atom. The fourth-order valence-corrected chi connectivity index (χ4v) is 4.71. The van der Waals surface area contributed by atoms with Crippen molar-refractivity contribution in [3.63, 3.8) is 0 Å². The first kappa shape index (κ1) is 12.1. The van der Waals surface area contributed by atoms with Crippen molar-refractivity contribution in [3.05, 3.63) is 16.1 Å². The molecule has 1 unspecified atom stereocenters. The van der Waals surface area contributed by atoms with Crippen LogP contribution in [-0.4, -0.2) is 21.1 Å². The zero-order valence-corrected chi connectivity index (χ0v) is 12.3. The lowest BCUT2D eigenvalue weighted by atomic mass is 10.0. The quantitative estimate of drug-likeness (QED) is 0.866. The molecular weight excluding hydrogens is 298 g/mol. The third-order valence-corrected chi connectivity index (χ3v) is 5.46. The maximum atomic E-state index is 6.20. The Balaban J connectivity index is 1.97. The smallest absolute Gasteiger partial charge is 0.129 e. The Hall–Kier alpha value is -0.0000000000000000555. The Morgan fingerprint density at radius 1 is 1.29 bits per heavy atom. The molecular formula is C12H18BrN3S. The first-order valence-corrected chi connectivity index (χ1v) is 8.31. The van der Waals surface area contributed by atoms with Crippen LogP contribution >= 0.6 is 27.7 Å². The van der Waals surface area contributed by atoms with E-state index in [0.717, 1.165) is 17.6 Å². The second-order valence-corrected chi connectivity index (χ2v) is 6.91. The molecule has 1 aromatic rings. The zero-order valence-electron chi connectivity index (χ0n) is 9.86. The van der Waals surface area contributed by atoms with Gasteiger partial charge in [0.15, 0.2) is 0 Å². The number of rotatable bonds is 1. The second kappa shape index (κ2) is 4.94. The van der Waals surface area contributed by atoms with Gasteiger partial charge < -0.3 is 10.3 Å². The molecule has 3 rings (SSSR count). The highest BCUT2D eigenvalue weighted by Gasteiger charge is 2.28. The number of fused-ring (bicyclic) bond motifs is 1. The maximum Gasteiger partial charge on any atom is 0.129 e. The molecule has 5 heteroatoms. The molecule has 1 atom stereocenters. The lowest BCUT2D eigenvalue weighted by Gasteiger charge is -2.26. The van der Waals surface area contributed by atoms with Crippen LogP contribution in [0, 0.1) is 0 Å². The SMILES string of the molecule is NC1CCCn2c(C3CCSCC3)nc(Br)c21. The topological polar surface area (TPSA) is 43.8 Å². The predicted octanol–water partition coefficient (Wildman–Crippen LogP) is 3.05. The molecule has 0 saturated carbocycles. The van der Waals surface area contributed by atoms with E-state index in [-0.39, 0.29) is 6.04 Å². The van der Waals surface area contributed by atoms with Crippen molar-refractivity contribution in [1.82, 2.24) is 9.55 Å². The van der Waals surface area contributed by atoms with Crippen molar-refractivity contribution in [2.45, 2.75) is 44.2 Å². The largest absolute Gasteiger partial charge is 0.329 e. The Bertz CT molecular complexity index is 412. The van der Waals surface area contributed by atoms with Crippen LogP contribution in [0.4, 0.5) is 0 Å². The highest BCUT2D eigenvalue weighted by atomic mass is 79.9. The van der Waals surface area contributed by atoms with Gasteiger partial charge in [-0.2, -0.15) is 11.8 Å². The summed E-state index contributed by atoms with van der Waals surface area (Å²) in [6, 6.07) is 0.164. The number of halogens is 1. The molecule has 0 amide bonds. The molecule has 94 valence electrons. The van der Waals surface area contributed by atoms with E-state index in [1.807, 2.05) is 0 Å². The molecule has 1 aromatic heterocycles. The summed E-state index contributed by atoms with van der Waals surface area (Å²) in [5, 5.41) is 0. The Morgan fingerprint density at radius 3 is 2.82 bits per heavy atom. The van der Waals surface area contributed by atoms with Crippen LogP contribution < -0.4 is 5.73 Å². The van der Waals surface area contributed by atoms with Gasteiger partial charge in [0.1, 0.15) is 10.4 Å². The Labute approximate surface area is 115 Å². The van der Waals surface area contributed by atoms with Gasteiger partial charge in [-0.25, -0.2) is 4.98 Å². The van der Waals surface area contributed by atoms with E-state index in [4.69, 9.17) is 10.7 Å². The van der Waals surface area contributed by atoms with Gasteiger partial charge in [-0.3, -0.25) is 0 Å². The van der Waals surface area contributed by atoms with Gasteiger partial charge in [-0.05, 0) is 53.1 Å². The molecule has 0 spiro atoms. The normalized spacial score (nSPS) is 25.9. The summed E-state index contributed by atoms with van der Waals surface area (Å²) < 4.78 is 3.37. The van der Waals surface area contributed by atoms with Gasteiger partial charge in [0.2, 0.25) is 0 Å². The van der Waals surface area contributed by atoms with Crippen LogP contribution in [0.5, 0.6) is 0 Å². The van der Waals surface area contributed by atoms with Crippen LogP contribution in [0.15, 0.2) is 4.60 Å². The fourth-order valence-electron chi connectivity index (χ4n) is 2.91. The lowest BCUT2D eigenvalue weighted by molar-refractivity contribution is 0.434. The van der Waals surface area contributed by atoms with Crippen molar-refractivity contribution < 1.29 is 0 Å². The van der Waals surface area contributed by atoms with Crippen LogP contribution in [0.25, 0.3) is 0 Å². The van der Waals surface area contributed by atoms with Gasteiger partial charge in [0.05, 0.1) is 5.69 Å². The number of aromatic nitrogens is 2. The maximum absolute atomic E-state index is 6.20. The van der Waals surface area contributed by atoms with Crippen LogP contribution in [0.2, 0.25) is 0 Å². The number of nitrogens with zero attached hydrogens (tertiary/aromatic N) is 2. The molecule has 3 nitrogen and oxygen atoms in total. The van der Waals surface area contributed by atoms with Crippen molar-refractivity contribution in [2.24, 2.45) is 5.73 Å². The van der Waals surface area contributed by atoms with Gasteiger partial charge in [0, 0.05) is 18.5 Å². The van der Waals surface area contributed by atoms with Crippen molar-refractivity contribution in [1.29, 1.82) is 0 Å². The number of imidazole rings is 1. The average Bonchev–Trinajstić information content (AvgIpc) is 2.69. The average molecular weight is 316 g/mol. The highest BCUT2D eigenvalue weighted by molar-refractivity contribution is 9.10. The zero-order chi connectivity index (χ0) is 11.8. The van der Waals surface area contributed by atoms with E-state index < -0.39 is 0 Å². The number of nitrogens with two attached hydrogens (primary N) is 1. The monoisotopic (exact) mass is 315 g/mol. The van der Waals surface area contributed by atoms with Crippen LogP contribution in [-0.2, 0) is 6.54 Å².